The first-order valence-electron chi connectivity index (χ1n) is 9.54. The van der Waals surface area contributed by atoms with E-state index in [2.05, 4.69) is 10.3 Å². The number of benzene rings is 1. The van der Waals surface area contributed by atoms with Crippen LogP contribution in [0, 0.1) is 0 Å². The first kappa shape index (κ1) is 20.4. The van der Waals surface area contributed by atoms with E-state index in [1.54, 1.807) is 28.8 Å². The van der Waals surface area contributed by atoms with Crippen LogP contribution in [-0.4, -0.2) is 41.4 Å². The number of carbonyl (C=O) groups excluding carboxylic acids is 1. The van der Waals surface area contributed by atoms with E-state index >= 15 is 0 Å². The van der Waals surface area contributed by atoms with Crippen LogP contribution in [0.25, 0.3) is 16.8 Å². The predicted molar refractivity (Wildman–Crippen MR) is 102 cm³/mol. The van der Waals surface area contributed by atoms with Gasteiger partial charge in [0.15, 0.2) is 11.2 Å². The third kappa shape index (κ3) is 3.78. The number of ether oxygens (including phenoxy) is 1. The van der Waals surface area contributed by atoms with E-state index in [9.17, 15) is 23.1 Å². The highest BCUT2D eigenvalue weighted by Gasteiger charge is 2.37. The maximum atomic E-state index is 13.1. The molecule has 0 atom stereocenters. The molecule has 3 heterocycles. The summed E-state index contributed by atoms with van der Waals surface area (Å²) in [5.74, 6) is -0.190. The number of aromatic nitrogens is 2. The lowest BCUT2D eigenvalue weighted by molar-refractivity contribution is -0.514. The van der Waals surface area contributed by atoms with Gasteiger partial charge in [0.2, 0.25) is 0 Å². The second-order valence-corrected chi connectivity index (χ2v) is 7.38. The number of nitrogens with one attached hydrogen (secondary N) is 2. The van der Waals surface area contributed by atoms with Gasteiger partial charge in [-0.1, -0.05) is 6.07 Å². The summed E-state index contributed by atoms with van der Waals surface area (Å²) >= 11 is 0. The molecule has 30 heavy (non-hydrogen) atoms. The average Bonchev–Trinajstić information content (AvgIpc) is 3.14. The first-order chi connectivity index (χ1) is 14.3. The van der Waals surface area contributed by atoms with Gasteiger partial charge in [-0.25, -0.2) is 4.98 Å². The van der Waals surface area contributed by atoms with E-state index in [-0.39, 0.29) is 12.4 Å². The number of imidazole rings is 1. The molecule has 158 valence electrons. The zero-order valence-electron chi connectivity index (χ0n) is 16.0. The normalized spacial score (nSPS) is 16.5. The fraction of sp³-hybridized carbons (Fsp3) is 0.333. The summed E-state index contributed by atoms with van der Waals surface area (Å²) in [5.41, 5.74) is 0.189. The van der Waals surface area contributed by atoms with Gasteiger partial charge in [-0.2, -0.15) is 17.6 Å². The minimum Gasteiger partial charge on any atom is -0.394 e. The van der Waals surface area contributed by atoms with Crippen LogP contribution in [0.5, 0.6) is 0 Å². The number of aliphatic hydroxyl groups is 1. The molecule has 9 heteroatoms. The SMILES string of the molecule is O=C(NC1(CO)CCOCC1)c1[nH]c(-c2ccc(C(F)(F)F)cc2)c2cccc[n+]12. The second kappa shape index (κ2) is 7.73. The Bertz CT molecular complexity index is 1050. The van der Waals surface area contributed by atoms with Gasteiger partial charge in [0.1, 0.15) is 0 Å². The Labute approximate surface area is 170 Å². The van der Waals surface area contributed by atoms with E-state index in [1.807, 2.05) is 0 Å². The van der Waals surface area contributed by atoms with Crippen LogP contribution in [0.4, 0.5) is 13.2 Å². The van der Waals surface area contributed by atoms with Gasteiger partial charge in [-0.05, 0) is 49.2 Å². The number of fused-ring (bicyclic) bond motifs is 1. The summed E-state index contributed by atoms with van der Waals surface area (Å²) in [4.78, 5) is 16.1. The lowest BCUT2D eigenvalue weighted by atomic mass is 9.91. The largest absolute Gasteiger partial charge is 0.416 e. The molecule has 0 saturated carbocycles. The van der Waals surface area contributed by atoms with Gasteiger partial charge < -0.3 is 15.2 Å². The minimum atomic E-state index is -4.42. The second-order valence-electron chi connectivity index (χ2n) is 7.38. The quantitative estimate of drug-likeness (QED) is 0.568. The van der Waals surface area contributed by atoms with Gasteiger partial charge >= 0.3 is 17.9 Å². The van der Waals surface area contributed by atoms with Crippen molar-refractivity contribution in [1.82, 2.24) is 10.3 Å². The number of nitrogens with zero attached hydrogens (tertiary/aromatic N) is 1. The molecular weight excluding hydrogens is 399 g/mol. The molecule has 0 aliphatic carbocycles. The summed E-state index contributed by atoms with van der Waals surface area (Å²) < 4.78 is 45.6. The maximum Gasteiger partial charge on any atom is 0.416 e. The summed E-state index contributed by atoms with van der Waals surface area (Å²) in [6, 6.07) is 10.1. The molecule has 3 N–H and O–H groups in total. The lowest BCUT2D eigenvalue weighted by Gasteiger charge is -2.35. The molecular formula is C21H21F3N3O3+. The van der Waals surface area contributed by atoms with Crippen molar-refractivity contribution >= 4 is 11.4 Å². The zero-order valence-corrected chi connectivity index (χ0v) is 16.0. The molecule has 1 saturated heterocycles. The molecule has 1 aliphatic rings. The van der Waals surface area contributed by atoms with E-state index in [0.717, 1.165) is 12.1 Å². The Morgan fingerprint density at radius 1 is 1.17 bits per heavy atom. The van der Waals surface area contributed by atoms with Crippen molar-refractivity contribution in [3.05, 3.63) is 60.0 Å². The molecule has 3 aromatic rings. The number of H-pyrrole nitrogens is 1. The van der Waals surface area contributed by atoms with Gasteiger partial charge in [0, 0.05) is 18.8 Å². The van der Waals surface area contributed by atoms with Crippen LogP contribution in [0.1, 0.15) is 29.0 Å². The molecule has 2 aromatic heterocycles. The van der Waals surface area contributed by atoms with Crippen molar-refractivity contribution in [3.63, 3.8) is 0 Å². The number of carbonyl (C=O) groups is 1. The minimum absolute atomic E-state index is 0.211. The summed E-state index contributed by atoms with van der Waals surface area (Å²) in [5, 5.41) is 12.8. The Balaban J connectivity index is 1.71. The van der Waals surface area contributed by atoms with E-state index in [4.69, 9.17) is 4.74 Å². The van der Waals surface area contributed by atoms with Crippen molar-refractivity contribution in [1.29, 1.82) is 0 Å². The van der Waals surface area contributed by atoms with Crippen molar-refractivity contribution in [2.45, 2.75) is 24.6 Å². The summed E-state index contributed by atoms with van der Waals surface area (Å²) in [6.07, 6.45) is -1.74. The first-order valence-corrected chi connectivity index (χ1v) is 9.54. The number of amides is 1. The van der Waals surface area contributed by atoms with Gasteiger partial charge in [-0.15, -0.1) is 0 Å². The Hall–Kier alpha value is -2.91. The van der Waals surface area contributed by atoms with Gasteiger partial charge in [-0.3, -0.25) is 4.79 Å². The maximum absolute atomic E-state index is 13.1. The standard InChI is InChI=1S/C21H20F3N3O3/c22-21(23,24)15-6-4-14(5-7-15)17-16-3-1-2-10-27(16)18(25-17)19(29)26-20(13-28)8-11-30-12-9-20/h1-7,10,28H,8-9,11-13H2,(H,26,29)/p+1. The van der Waals surface area contributed by atoms with Crippen LogP contribution in [0.2, 0.25) is 0 Å². The van der Waals surface area contributed by atoms with Gasteiger partial charge in [0.25, 0.3) is 0 Å². The molecule has 4 rings (SSSR count). The highest BCUT2D eigenvalue weighted by molar-refractivity contribution is 5.92. The Morgan fingerprint density at radius 3 is 2.50 bits per heavy atom. The molecule has 1 fully saturated rings. The molecule has 1 aliphatic heterocycles. The third-order valence-corrected chi connectivity index (χ3v) is 5.45. The molecule has 1 amide bonds. The van der Waals surface area contributed by atoms with Crippen molar-refractivity contribution in [2.24, 2.45) is 0 Å². The van der Waals surface area contributed by atoms with E-state index in [0.29, 0.717) is 42.8 Å². The number of hydrogen-bond donors (Lipinski definition) is 3. The van der Waals surface area contributed by atoms with Crippen LogP contribution >= 0.6 is 0 Å². The molecule has 1 aromatic carbocycles. The number of pyridine rings is 1. The van der Waals surface area contributed by atoms with Crippen LogP contribution in [-0.2, 0) is 10.9 Å². The van der Waals surface area contributed by atoms with Crippen molar-refractivity contribution in [2.75, 3.05) is 19.8 Å². The summed E-state index contributed by atoms with van der Waals surface area (Å²) in [6.45, 7) is 0.670. The molecule has 0 bridgehead atoms. The number of alkyl halides is 3. The van der Waals surface area contributed by atoms with Crippen LogP contribution in [0.3, 0.4) is 0 Å². The molecule has 0 unspecified atom stereocenters. The monoisotopic (exact) mass is 420 g/mol. The lowest BCUT2D eigenvalue weighted by Crippen LogP contribution is -2.55. The Kier molecular flexibility index (Phi) is 5.25. The average molecular weight is 420 g/mol. The number of aromatic amines is 1. The topological polar surface area (TPSA) is 78.4 Å². The highest BCUT2D eigenvalue weighted by Crippen LogP contribution is 2.31. The predicted octanol–water partition coefficient (Wildman–Crippen LogP) is 2.71. The molecule has 0 spiro atoms. The van der Waals surface area contributed by atoms with Crippen LogP contribution in [0.15, 0.2) is 48.7 Å². The fourth-order valence-electron chi connectivity index (χ4n) is 3.68. The Morgan fingerprint density at radius 2 is 1.87 bits per heavy atom. The fourth-order valence-corrected chi connectivity index (χ4v) is 3.68. The van der Waals surface area contributed by atoms with E-state index in [1.165, 1.54) is 12.1 Å². The van der Waals surface area contributed by atoms with E-state index < -0.39 is 23.2 Å². The third-order valence-electron chi connectivity index (χ3n) is 5.45. The van der Waals surface area contributed by atoms with Gasteiger partial charge in [0.05, 0.1) is 23.9 Å². The number of aliphatic hydroxyl groups excluding tert-OH is 1. The number of rotatable bonds is 4. The van der Waals surface area contributed by atoms with Crippen LogP contribution < -0.4 is 9.72 Å². The van der Waals surface area contributed by atoms with Crippen molar-refractivity contribution in [3.8, 4) is 11.3 Å². The molecule has 6 nitrogen and oxygen atoms in total. The smallest absolute Gasteiger partial charge is 0.394 e. The highest BCUT2D eigenvalue weighted by atomic mass is 19.4. The number of halogens is 3. The van der Waals surface area contributed by atoms with Crippen molar-refractivity contribution < 1.29 is 32.2 Å². The summed E-state index contributed by atoms with van der Waals surface area (Å²) in [7, 11) is 0. The molecule has 0 radical (unpaired) electrons. The number of hydrogen-bond acceptors (Lipinski definition) is 3. The zero-order chi connectivity index (χ0) is 21.4.